The number of likely N-dealkylation sites (tertiary alicyclic amines) is 1. The smallest absolute Gasteiger partial charge is 0.407 e. The fraction of sp³-hybridized carbons (Fsp3) is 0.200. The SMILES string of the molecule is O=C(NC1CCCN(C(=O)O)C1)c1sc2nccc3c2c1NC(=O)N3c1ccc(-c2cccs2)cc1. The molecule has 1 aromatic carbocycles. The molecule has 36 heavy (non-hydrogen) atoms. The van der Waals surface area contributed by atoms with Gasteiger partial charge in [-0.05, 0) is 48.1 Å². The van der Waals surface area contributed by atoms with Crippen molar-refractivity contribution >= 4 is 68.0 Å². The fourth-order valence-electron chi connectivity index (χ4n) is 4.74. The lowest BCUT2D eigenvalue weighted by Gasteiger charge is -2.31. The summed E-state index contributed by atoms with van der Waals surface area (Å²) in [5.74, 6) is -0.342. The third kappa shape index (κ3) is 3.86. The predicted molar refractivity (Wildman–Crippen MR) is 141 cm³/mol. The molecule has 0 saturated carbocycles. The summed E-state index contributed by atoms with van der Waals surface area (Å²) in [6.07, 6.45) is 2.02. The standard InChI is InChI=1S/C25H21N5O4S2/c31-22(27-15-3-1-11-29(13-15)25(33)34)21-20-19-17(9-10-26-23(19)36-21)30(24(32)28-20)16-7-5-14(6-8-16)18-4-2-12-35-18/h2,4-10,12,15H,1,3,11,13H2,(H,27,31)(H,28,32)(H,33,34). The van der Waals surface area contributed by atoms with Gasteiger partial charge >= 0.3 is 12.1 Å². The Kier molecular flexibility index (Phi) is 5.57. The molecule has 3 aromatic heterocycles. The summed E-state index contributed by atoms with van der Waals surface area (Å²) in [5.41, 5.74) is 2.88. The molecule has 1 saturated heterocycles. The average Bonchev–Trinajstić information content (AvgIpc) is 3.54. The van der Waals surface area contributed by atoms with Crippen molar-refractivity contribution in [2.75, 3.05) is 23.3 Å². The van der Waals surface area contributed by atoms with E-state index < -0.39 is 6.09 Å². The summed E-state index contributed by atoms with van der Waals surface area (Å²) < 4.78 is 0. The topological polar surface area (TPSA) is 115 Å². The van der Waals surface area contributed by atoms with Crippen LogP contribution in [0.5, 0.6) is 0 Å². The Bertz CT molecular complexity index is 1480. The number of carbonyl (C=O) groups is 3. The molecule has 1 atom stereocenters. The lowest BCUT2D eigenvalue weighted by Crippen LogP contribution is -2.49. The van der Waals surface area contributed by atoms with Crippen LogP contribution in [0, 0.1) is 0 Å². The molecule has 0 spiro atoms. The molecule has 0 bridgehead atoms. The first kappa shape index (κ1) is 22.5. The zero-order chi connectivity index (χ0) is 24.8. The predicted octanol–water partition coefficient (Wildman–Crippen LogP) is 5.58. The maximum Gasteiger partial charge on any atom is 0.407 e. The zero-order valence-electron chi connectivity index (χ0n) is 18.9. The zero-order valence-corrected chi connectivity index (χ0v) is 20.6. The first-order chi connectivity index (χ1) is 17.5. The summed E-state index contributed by atoms with van der Waals surface area (Å²) in [6, 6.07) is 13.0. The summed E-state index contributed by atoms with van der Waals surface area (Å²) in [7, 11) is 0. The summed E-state index contributed by atoms with van der Waals surface area (Å²) in [4.78, 5) is 47.4. The van der Waals surface area contributed by atoms with Crippen LogP contribution in [0.25, 0.3) is 20.7 Å². The lowest BCUT2D eigenvalue weighted by molar-refractivity contribution is 0.0893. The van der Waals surface area contributed by atoms with Crippen LogP contribution in [0.2, 0.25) is 0 Å². The van der Waals surface area contributed by atoms with Gasteiger partial charge < -0.3 is 20.6 Å². The van der Waals surface area contributed by atoms with Gasteiger partial charge in [0.15, 0.2) is 0 Å². The Morgan fingerprint density at radius 3 is 2.75 bits per heavy atom. The molecule has 5 heterocycles. The largest absolute Gasteiger partial charge is 0.465 e. The number of pyridine rings is 1. The minimum Gasteiger partial charge on any atom is -0.465 e. The van der Waals surface area contributed by atoms with Crippen molar-refractivity contribution in [1.82, 2.24) is 15.2 Å². The van der Waals surface area contributed by atoms with Crippen molar-refractivity contribution in [2.24, 2.45) is 0 Å². The number of amides is 4. The molecule has 0 radical (unpaired) electrons. The van der Waals surface area contributed by atoms with Crippen molar-refractivity contribution < 1.29 is 19.5 Å². The number of piperidine rings is 1. The van der Waals surface area contributed by atoms with Gasteiger partial charge in [-0.15, -0.1) is 22.7 Å². The minimum atomic E-state index is -0.990. The molecule has 4 aromatic rings. The number of nitrogens with zero attached hydrogens (tertiary/aromatic N) is 3. The fourth-order valence-corrected chi connectivity index (χ4v) is 6.49. The number of carbonyl (C=O) groups excluding carboxylic acids is 2. The molecule has 0 aliphatic carbocycles. The molecule has 9 nitrogen and oxygen atoms in total. The van der Waals surface area contributed by atoms with Crippen LogP contribution in [0.15, 0.2) is 54.0 Å². The number of thiophene rings is 2. The Balaban J connectivity index is 1.32. The average molecular weight is 520 g/mol. The second-order valence-electron chi connectivity index (χ2n) is 8.65. The van der Waals surface area contributed by atoms with Gasteiger partial charge in [0.05, 0.1) is 22.4 Å². The number of nitrogens with one attached hydrogen (secondary N) is 2. The molecule has 3 N–H and O–H groups in total. The van der Waals surface area contributed by atoms with Crippen LogP contribution in [-0.4, -0.2) is 52.2 Å². The number of aromatic nitrogens is 1. The van der Waals surface area contributed by atoms with Crippen molar-refractivity contribution in [3.63, 3.8) is 0 Å². The second-order valence-corrected chi connectivity index (χ2v) is 10.6. The molecular weight excluding hydrogens is 498 g/mol. The van der Waals surface area contributed by atoms with E-state index in [1.54, 1.807) is 28.5 Å². The quantitative estimate of drug-likeness (QED) is 0.326. The van der Waals surface area contributed by atoms with Crippen molar-refractivity contribution in [1.29, 1.82) is 0 Å². The number of benzene rings is 1. The molecule has 182 valence electrons. The molecule has 1 unspecified atom stereocenters. The van der Waals surface area contributed by atoms with Gasteiger partial charge in [0.1, 0.15) is 9.71 Å². The van der Waals surface area contributed by atoms with E-state index in [0.717, 1.165) is 10.4 Å². The number of urea groups is 1. The van der Waals surface area contributed by atoms with Gasteiger partial charge in [0, 0.05) is 30.2 Å². The normalized spacial score (nSPS) is 17.2. The second kappa shape index (κ2) is 8.92. The highest BCUT2D eigenvalue weighted by Crippen LogP contribution is 2.45. The number of anilines is 3. The molecule has 2 aliphatic heterocycles. The highest BCUT2D eigenvalue weighted by Gasteiger charge is 2.33. The minimum absolute atomic E-state index is 0.242. The first-order valence-corrected chi connectivity index (χ1v) is 13.1. The Hall–Kier alpha value is -3.96. The molecule has 6 rings (SSSR count). The summed E-state index contributed by atoms with van der Waals surface area (Å²) >= 11 is 2.87. The number of carboxylic acid groups (broad SMARTS) is 1. The van der Waals surface area contributed by atoms with Crippen LogP contribution < -0.4 is 15.5 Å². The van der Waals surface area contributed by atoms with Crippen LogP contribution in [-0.2, 0) is 0 Å². The van der Waals surface area contributed by atoms with E-state index in [4.69, 9.17) is 0 Å². The molecule has 11 heteroatoms. The van der Waals surface area contributed by atoms with Gasteiger partial charge in [-0.3, -0.25) is 9.69 Å². The van der Waals surface area contributed by atoms with E-state index in [0.29, 0.717) is 51.5 Å². The number of hydrogen-bond acceptors (Lipinski definition) is 6. The Labute approximate surface area is 214 Å². The first-order valence-electron chi connectivity index (χ1n) is 11.4. The van der Waals surface area contributed by atoms with E-state index in [1.165, 1.54) is 16.2 Å². The van der Waals surface area contributed by atoms with Gasteiger partial charge in [-0.25, -0.2) is 14.6 Å². The van der Waals surface area contributed by atoms with Crippen LogP contribution in [0.4, 0.5) is 26.7 Å². The Morgan fingerprint density at radius 1 is 1.17 bits per heavy atom. The lowest BCUT2D eigenvalue weighted by atomic mass is 10.1. The van der Waals surface area contributed by atoms with Crippen molar-refractivity contribution in [2.45, 2.75) is 18.9 Å². The van der Waals surface area contributed by atoms with Crippen LogP contribution in [0.3, 0.4) is 0 Å². The van der Waals surface area contributed by atoms with Gasteiger partial charge in [0.25, 0.3) is 5.91 Å². The number of rotatable bonds is 4. The van der Waals surface area contributed by atoms with Gasteiger partial charge in [-0.1, -0.05) is 18.2 Å². The van der Waals surface area contributed by atoms with E-state index in [-0.39, 0.29) is 24.5 Å². The maximum absolute atomic E-state index is 13.3. The van der Waals surface area contributed by atoms with E-state index >= 15 is 0 Å². The van der Waals surface area contributed by atoms with Crippen LogP contribution >= 0.6 is 22.7 Å². The van der Waals surface area contributed by atoms with Crippen LogP contribution in [0.1, 0.15) is 22.5 Å². The molecule has 1 fully saturated rings. The van der Waals surface area contributed by atoms with Crippen molar-refractivity contribution in [3.8, 4) is 10.4 Å². The maximum atomic E-state index is 13.3. The van der Waals surface area contributed by atoms with Gasteiger partial charge in [-0.2, -0.15) is 0 Å². The highest BCUT2D eigenvalue weighted by atomic mass is 32.1. The van der Waals surface area contributed by atoms with E-state index in [2.05, 4.69) is 21.7 Å². The number of hydrogen-bond donors (Lipinski definition) is 3. The third-order valence-corrected chi connectivity index (χ3v) is 8.43. The molecular formula is C25H21N5O4S2. The summed E-state index contributed by atoms with van der Waals surface area (Å²) in [5, 5.41) is 17.9. The molecule has 2 aliphatic rings. The molecule has 4 amide bonds. The van der Waals surface area contributed by atoms with Gasteiger partial charge in [0.2, 0.25) is 0 Å². The van der Waals surface area contributed by atoms with Crippen molar-refractivity contribution in [3.05, 3.63) is 58.9 Å². The van der Waals surface area contributed by atoms with E-state index in [9.17, 15) is 19.5 Å². The highest BCUT2D eigenvalue weighted by molar-refractivity contribution is 7.21. The Morgan fingerprint density at radius 2 is 2.00 bits per heavy atom. The summed E-state index contributed by atoms with van der Waals surface area (Å²) in [6.45, 7) is 0.704. The third-order valence-electron chi connectivity index (χ3n) is 6.41. The monoisotopic (exact) mass is 519 g/mol. The van der Waals surface area contributed by atoms with E-state index in [1.807, 2.05) is 35.7 Å².